The quantitative estimate of drug-likeness (QED) is 0.827. The molecule has 1 heterocycles. The lowest BCUT2D eigenvalue weighted by atomic mass is 10.2. The molecule has 0 aliphatic carbocycles. The number of thioether (sulfide) groups is 1. The summed E-state index contributed by atoms with van der Waals surface area (Å²) < 4.78 is 16.9. The van der Waals surface area contributed by atoms with E-state index in [-0.39, 0.29) is 17.1 Å². The van der Waals surface area contributed by atoms with Gasteiger partial charge in [-0.25, -0.2) is 9.18 Å². The van der Waals surface area contributed by atoms with Gasteiger partial charge in [0.05, 0.1) is 0 Å². The monoisotopic (exact) mass is 372 g/mol. The maximum absolute atomic E-state index is 13.7. The Bertz CT molecular complexity index is 786. The Labute approximate surface area is 133 Å². The van der Waals surface area contributed by atoms with Crippen molar-refractivity contribution in [3.8, 4) is 0 Å². The van der Waals surface area contributed by atoms with Crippen molar-refractivity contribution >= 4 is 27.7 Å². The average molecular weight is 373 g/mol. The molecule has 0 fully saturated rings. The first-order valence-electron chi connectivity index (χ1n) is 6.17. The third-order valence-corrected chi connectivity index (χ3v) is 4.66. The molecule has 0 N–H and O–H groups in total. The van der Waals surface area contributed by atoms with Crippen molar-refractivity contribution < 1.29 is 4.39 Å². The van der Waals surface area contributed by atoms with Gasteiger partial charge < -0.3 is 0 Å². The minimum Gasteiger partial charge on any atom is -0.300 e. The van der Waals surface area contributed by atoms with E-state index < -0.39 is 0 Å². The molecule has 0 radical (unpaired) electrons. The summed E-state index contributed by atoms with van der Waals surface area (Å²) in [5, 5.41) is 0. The largest absolute Gasteiger partial charge is 0.330 e. The predicted octanol–water partition coefficient (Wildman–Crippen LogP) is 2.42. The topological polar surface area (TPSA) is 44.0 Å². The maximum atomic E-state index is 13.7. The van der Waals surface area contributed by atoms with Gasteiger partial charge in [-0.2, -0.15) is 11.8 Å². The second-order valence-electron chi connectivity index (χ2n) is 4.60. The van der Waals surface area contributed by atoms with Crippen molar-refractivity contribution in [3.63, 3.8) is 0 Å². The Balaban J connectivity index is 2.11. The van der Waals surface area contributed by atoms with Crippen LogP contribution in [-0.4, -0.2) is 9.13 Å². The zero-order valence-electron chi connectivity index (χ0n) is 11.6. The lowest BCUT2D eigenvalue weighted by Crippen LogP contribution is -2.37. The highest BCUT2D eigenvalue weighted by Gasteiger charge is 2.07. The standard InChI is InChI=1S/C14H14BrFN2O2S/c1-17-11(6-13(19)18(2)14(17)20)8-21-7-9-3-4-10(15)5-12(9)16/h3-6H,7-8H2,1-2H3. The van der Waals surface area contributed by atoms with E-state index >= 15 is 0 Å². The van der Waals surface area contributed by atoms with Gasteiger partial charge in [0.25, 0.3) is 5.56 Å². The van der Waals surface area contributed by atoms with Crippen LogP contribution in [0.2, 0.25) is 0 Å². The van der Waals surface area contributed by atoms with E-state index in [1.165, 1.54) is 35.5 Å². The van der Waals surface area contributed by atoms with E-state index in [4.69, 9.17) is 0 Å². The van der Waals surface area contributed by atoms with Crippen LogP contribution in [0.25, 0.3) is 0 Å². The van der Waals surface area contributed by atoms with E-state index in [1.807, 2.05) is 0 Å². The number of aromatic nitrogens is 2. The van der Waals surface area contributed by atoms with Gasteiger partial charge in [-0.15, -0.1) is 0 Å². The van der Waals surface area contributed by atoms with Gasteiger partial charge in [0.2, 0.25) is 0 Å². The zero-order chi connectivity index (χ0) is 15.6. The number of nitrogens with zero attached hydrogens (tertiary/aromatic N) is 2. The summed E-state index contributed by atoms with van der Waals surface area (Å²) in [5.41, 5.74) is 0.541. The van der Waals surface area contributed by atoms with E-state index in [2.05, 4.69) is 15.9 Å². The minimum absolute atomic E-state index is 0.269. The second kappa shape index (κ2) is 6.62. The Hall–Kier alpha value is -1.34. The Kier molecular flexibility index (Phi) is 5.05. The Morgan fingerprint density at radius 2 is 1.86 bits per heavy atom. The SMILES string of the molecule is Cn1c(CSCc2ccc(Br)cc2F)cc(=O)n(C)c1=O. The molecule has 1 aromatic carbocycles. The Morgan fingerprint density at radius 3 is 2.52 bits per heavy atom. The minimum atomic E-state index is -0.354. The number of hydrogen-bond acceptors (Lipinski definition) is 3. The fraction of sp³-hybridized carbons (Fsp3) is 0.286. The fourth-order valence-electron chi connectivity index (χ4n) is 1.82. The fourth-order valence-corrected chi connectivity index (χ4v) is 3.20. The molecule has 4 nitrogen and oxygen atoms in total. The first-order valence-corrected chi connectivity index (χ1v) is 8.12. The lowest BCUT2D eigenvalue weighted by molar-refractivity contribution is 0.616. The molecule has 21 heavy (non-hydrogen) atoms. The normalized spacial score (nSPS) is 10.9. The molecule has 0 aliphatic rings. The molecule has 0 amide bonds. The summed E-state index contributed by atoms with van der Waals surface area (Å²) in [6.07, 6.45) is 0. The van der Waals surface area contributed by atoms with Gasteiger partial charge in [-0.05, 0) is 17.7 Å². The summed E-state index contributed by atoms with van der Waals surface area (Å²) in [4.78, 5) is 23.4. The van der Waals surface area contributed by atoms with Crippen LogP contribution in [0.1, 0.15) is 11.3 Å². The molecule has 0 saturated carbocycles. The van der Waals surface area contributed by atoms with Crippen LogP contribution in [0.5, 0.6) is 0 Å². The number of benzene rings is 1. The molecular weight excluding hydrogens is 359 g/mol. The van der Waals surface area contributed by atoms with Crippen LogP contribution in [0, 0.1) is 5.82 Å². The number of halogens is 2. The van der Waals surface area contributed by atoms with Gasteiger partial charge in [-0.3, -0.25) is 13.9 Å². The van der Waals surface area contributed by atoms with E-state index in [0.717, 1.165) is 4.57 Å². The van der Waals surface area contributed by atoms with Crippen molar-refractivity contribution in [1.29, 1.82) is 0 Å². The van der Waals surface area contributed by atoms with Gasteiger partial charge >= 0.3 is 5.69 Å². The van der Waals surface area contributed by atoms with Crippen LogP contribution < -0.4 is 11.2 Å². The molecular formula is C14H14BrFN2O2S. The molecule has 0 spiro atoms. The summed E-state index contributed by atoms with van der Waals surface area (Å²) in [5.74, 6) is 0.676. The number of rotatable bonds is 4. The molecule has 0 aliphatic heterocycles. The number of hydrogen-bond donors (Lipinski definition) is 0. The molecule has 0 unspecified atom stereocenters. The van der Waals surface area contributed by atoms with Crippen molar-refractivity contribution in [2.75, 3.05) is 0 Å². The molecule has 7 heteroatoms. The van der Waals surface area contributed by atoms with Crippen molar-refractivity contribution in [1.82, 2.24) is 9.13 Å². The van der Waals surface area contributed by atoms with Crippen LogP contribution >= 0.6 is 27.7 Å². The predicted molar refractivity (Wildman–Crippen MR) is 86.0 cm³/mol. The van der Waals surface area contributed by atoms with Gasteiger partial charge in [0.1, 0.15) is 5.82 Å². The van der Waals surface area contributed by atoms with Gasteiger partial charge in [-0.1, -0.05) is 22.0 Å². The first kappa shape index (κ1) is 16.0. The van der Waals surface area contributed by atoms with Crippen LogP contribution in [0.15, 0.2) is 38.3 Å². The van der Waals surface area contributed by atoms with Crippen LogP contribution in [0.4, 0.5) is 4.39 Å². The lowest BCUT2D eigenvalue weighted by Gasteiger charge is -2.09. The molecule has 2 aromatic rings. The first-order chi connectivity index (χ1) is 9.90. The summed E-state index contributed by atoms with van der Waals surface area (Å²) in [6, 6.07) is 6.36. The van der Waals surface area contributed by atoms with Crippen molar-refractivity contribution in [3.05, 3.63) is 66.7 Å². The van der Waals surface area contributed by atoms with Crippen LogP contribution in [0.3, 0.4) is 0 Å². The molecule has 1 aromatic heterocycles. The van der Waals surface area contributed by atoms with E-state index in [9.17, 15) is 14.0 Å². The summed E-state index contributed by atoms with van der Waals surface area (Å²) in [6.45, 7) is 0. The molecule has 2 rings (SSSR count). The second-order valence-corrected chi connectivity index (χ2v) is 6.50. The molecule has 112 valence electrons. The Morgan fingerprint density at radius 1 is 1.14 bits per heavy atom. The van der Waals surface area contributed by atoms with Gasteiger partial charge in [0.15, 0.2) is 0 Å². The molecule has 0 bridgehead atoms. The third-order valence-electron chi connectivity index (χ3n) is 3.15. The molecule has 0 saturated heterocycles. The van der Waals surface area contributed by atoms with Crippen molar-refractivity contribution in [2.24, 2.45) is 14.1 Å². The average Bonchev–Trinajstić information content (AvgIpc) is 2.44. The summed E-state index contributed by atoms with van der Waals surface area (Å²) in [7, 11) is 3.07. The third kappa shape index (κ3) is 3.65. The summed E-state index contributed by atoms with van der Waals surface area (Å²) >= 11 is 4.67. The van der Waals surface area contributed by atoms with Crippen LogP contribution in [-0.2, 0) is 25.6 Å². The van der Waals surface area contributed by atoms with Gasteiger partial charge in [0, 0.05) is 41.8 Å². The highest BCUT2D eigenvalue weighted by atomic mass is 79.9. The highest BCUT2D eigenvalue weighted by molar-refractivity contribution is 9.10. The smallest absolute Gasteiger partial charge is 0.300 e. The van der Waals surface area contributed by atoms with E-state index in [1.54, 1.807) is 19.2 Å². The highest BCUT2D eigenvalue weighted by Crippen LogP contribution is 2.21. The zero-order valence-corrected chi connectivity index (χ0v) is 14.0. The van der Waals surface area contributed by atoms with Crippen molar-refractivity contribution in [2.45, 2.75) is 11.5 Å². The van der Waals surface area contributed by atoms with E-state index in [0.29, 0.717) is 27.2 Å². The maximum Gasteiger partial charge on any atom is 0.330 e. The molecule has 0 atom stereocenters.